The lowest BCUT2D eigenvalue weighted by Gasteiger charge is -2.30. The number of aliphatic hydroxyl groups is 1. The van der Waals surface area contributed by atoms with Gasteiger partial charge in [0, 0.05) is 31.1 Å². The highest BCUT2D eigenvalue weighted by Crippen LogP contribution is 2.27. The molecule has 1 fully saturated rings. The molecular formula is C18H26N2O2. The number of hydrogen-bond donors (Lipinski definition) is 2. The zero-order chi connectivity index (χ0) is 15.8. The van der Waals surface area contributed by atoms with Gasteiger partial charge in [-0.3, -0.25) is 9.78 Å². The first-order valence-electron chi connectivity index (χ1n) is 8.20. The van der Waals surface area contributed by atoms with Gasteiger partial charge in [-0.2, -0.15) is 0 Å². The highest BCUT2D eigenvalue weighted by atomic mass is 16.3. The molecule has 1 amide bonds. The summed E-state index contributed by atoms with van der Waals surface area (Å²) in [5.74, 6) is 0.407. The number of amides is 1. The second kappa shape index (κ2) is 8.69. The van der Waals surface area contributed by atoms with Gasteiger partial charge in [-0.25, -0.2) is 0 Å². The van der Waals surface area contributed by atoms with E-state index >= 15 is 0 Å². The standard InChI is InChI=1S/C18H26N2O2/c1-14-11-15(13-19-12-14)7-8-18(22)20-17(9-10-21)16-5-3-2-4-6-16/h7-8,11-13,16-17,21H,2-6,9-10H2,1H3,(H,20,22)/b8-7+. The molecule has 2 rings (SSSR count). The molecule has 4 nitrogen and oxygen atoms in total. The monoisotopic (exact) mass is 302 g/mol. The number of nitrogens with zero attached hydrogens (tertiary/aromatic N) is 1. The van der Waals surface area contributed by atoms with Crippen LogP contribution in [0.25, 0.3) is 6.08 Å². The summed E-state index contributed by atoms with van der Waals surface area (Å²) in [4.78, 5) is 16.2. The molecule has 1 saturated carbocycles. The minimum Gasteiger partial charge on any atom is -0.396 e. The molecule has 0 bridgehead atoms. The molecule has 0 saturated heterocycles. The molecule has 22 heavy (non-hydrogen) atoms. The first-order valence-corrected chi connectivity index (χ1v) is 8.20. The third-order valence-corrected chi connectivity index (χ3v) is 4.31. The number of rotatable bonds is 6. The summed E-state index contributed by atoms with van der Waals surface area (Å²) in [6.45, 7) is 2.09. The van der Waals surface area contributed by atoms with Gasteiger partial charge in [0.2, 0.25) is 5.91 Å². The van der Waals surface area contributed by atoms with Gasteiger partial charge in [0.1, 0.15) is 0 Å². The SMILES string of the molecule is Cc1cncc(/C=C/C(=O)NC(CCO)C2CCCCC2)c1. The average Bonchev–Trinajstić information content (AvgIpc) is 2.53. The van der Waals surface area contributed by atoms with E-state index in [-0.39, 0.29) is 18.6 Å². The summed E-state index contributed by atoms with van der Waals surface area (Å²) >= 11 is 0. The lowest BCUT2D eigenvalue weighted by Crippen LogP contribution is -2.41. The minimum atomic E-state index is -0.0921. The molecule has 0 spiro atoms. The van der Waals surface area contributed by atoms with Gasteiger partial charge in [-0.1, -0.05) is 19.3 Å². The number of aliphatic hydroxyl groups excluding tert-OH is 1. The van der Waals surface area contributed by atoms with Gasteiger partial charge in [0.25, 0.3) is 0 Å². The van der Waals surface area contributed by atoms with Crippen LogP contribution in [0.4, 0.5) is 0 Å². The molecule has 1 aromatic heterocycles. The number of carbonyl (C=O) groups excluding carboxylic acids is 1. The van der Waals surface area contributed by atoms with Crippen LogP contribution in [0.2, 0.25) is 0 Å². The quantitative estimate of drug-likeness (QED) is 0.794. The van der Waals surface area contributed by atoms with Gasteiger partial charge < -0.3 is 10.4 Å². The summed E-state index contributed by atoms with van der Waals surface area (Å²) in [6, 6.07) is 2.07. The Morgan fingerprint density at radius 2 is 2.18 bits per heavy atom. The number of aryl methyl sites for hydroxylation is 1. The van der Waals surface area contributed by atoms with Gasteiger partial charge in [0.15, 0.2) is 0 Å². The maximum absolute atomic E-state index is 12.1. The van der Waals surface area contributed by atoms with Crippen molar-refractivity contribution in [1.82, 2.24) is 10.3 Å². The van der Waals surface area contributed by atoms with Crippen LogP contribution in [0.5, 0.6) is 0 Å². The topological polar surface area (TPSA) is 62.2 Å². The smallest absolute Gasteiger partial charge is 0.244 e. The Bertz CT molecular complexity index is 508. The lowest BCUT2D eigenvalue weighted by atomic mass is 9.82. The van der Waals surface area contributed by atoms with Crippen molar-refractivity contribution in [2.24, 2.45) is 5.92 Å². The van der Waals surface area contributed by atoms with Crippen LogP contribution < -0.4 is 5.32 Å². The summed E-state index contributed by atoms with van der Waals surface area (Å²) in [5, 5.41) is 12.3. The normalized spacial score (nSPS) is 17.5. The lowest BCUT2D eigenvalue weighted by molar-refractivity contribution is -0.117. The number of hydrogen-bond acceptors (Lipinski definition) is 3. The van der Waals surface area contributed by atoms with Crippen molar-refractivity contribution >= 4 is 12.0 Å². The fourth-order valence-electron chi connectivity index (χ4n) is 3.17. The molecule has 4 heteroatoms. The van der Waals surface area contributed by atoms with Gasteiger partial charge in [0.05, 0.1) is 0 Å². The Morgan fingerprint density at radius 1 is 1.41 bits per heavy atom. The van der Waals surface area contributed by atoms with Crippen LogP contribution in [0.3, 0.4) is 0 Å². The van der Waals surface area contributed by atoms with E-state index in [2.05, 4.69) is 10.3 Å². The molecule has 1 aliphatic carbocycles. The molecule has 1 aliphatic rings. The van der Waals surface area contributed by atoms with E-state index in [1.54, 1.807) is 24.5 Å². The van der Waals surface area contributed by atoms with Crippen LogP contribution in [0, 0.1) is 12.8 Å². The zero-order valence-electron chi connectivity index (χ0n) is 13.3. The van der Waals surface area contributed by atoms with Crippen molar-refractivity contribution < 1.29 is 9.90 Å². The van der Waals surface area contributed by atoms with E-state index in [0.717, 1.165) is 24.0 Å². The Hall–Kier alpha value is -1.68. The second-order valence-corrected chi connectivity index (χ2v) is 6.15. The molecule has 0 aromatic carbocycles. The summed E-state index contributed by atoms with van der Waals surface area (Å²) in [6.07, 6.45) is 13.6. The fourth-order valence-corrected chi connectivity index (χ4v) is 3.17. The van der Waals surface area contributed by atoms with Crippen LogP contribution in [0.1, 0.15) is 49.7 Å². The van der Waals surface area contributed by atoms with Crippen molar-refractivity contribution in [3.63, 3.8) is 0 Å². The van der Waals surface area contributed by atoms with Crippen molar-refractivity contribution in [2.45, 2.75) is 51.5 Å². The largest absolute Gasteiger partial charge is 0.396 e. The molecule has 1 heterocycles. The Balaban J connectivity index is 1.92. The van der Waals surface area contributed by atoms with E-state index in [1.807, 2.05) is 13.0 Å². The molecule has 1 unspecified atom stereocenters. The van der Waals surface area contributed by atoms with E-state index in [0.29, 0.717) is 12.3 Å². The summed E-state index contributed by atoms with van der Waals surface area (Å²) in [7, 11) is 0. The van der Waals surface area contributed by atoms with Crippen LogP contribution in [0.15, 0.2) is 24.5 Å². The second-order valence-electron chi connectivity index (χ2n) is 6.15. The molecule has 120 valence electrons. The first-order chi connectivity index (χ1) is 10.7. The van der Waals surface area contributed by atoms with Crippen molar-refractivity contribution in [2.75, 3.05) is 6.61 Å². The highest BCUT2D eigenvalue weighted by Gasteiger charge is 2.24. The predicted molar refractivity (Wildman–Crippen MR) is 88.2 cm³/mol. The van der Waals surface area contributed by atoms with Crippen LogP contribution in [-0.4, -0.2) is 28.6 Å². The molecule has 0 radical (unpaired) electrons. The Morgan fingerprint density at radius 3 is 2.86 bits per heavy atom. The van der Waals surface area contributed by atoms with Gasteiger partial charge in [-0.15, -0.1) is 0 Å². The zero-order valence-corrected chi connectivity index (χ0v) is 13.3. The number of carbonyl (C=O) groups is 1. The molecule has 1 atom stereocenters. The van der Waals surface area contributed by atoms with Gasteiger partial charge in [-0.05, 0) is 55.4 Å². The van der Waals surface area contributed by atoms with Gasteiger partial charge >= 0.3 is 0 Å². The third kappa shape index (κ3) is 5.26. The molecule has 1 aromatic rings. The van der Waals surface area contributed by atoms with Crippen LogP contribution in [-0.2, 0) is 4.79 Å². The summed E-state index contributed by atoms with van der Waals surface area (Å²) < 4.78 is 0. The number of nitrogens with one attached hydrogen (secondary N) is 1. The number of aromatic nitrogens is 1. The first kappa shape index (κ1) is 16.7. The van der Waals surface area contributed by atoms with E-state index in [4.69, 9.17) is 0 Å². The third-order valence-electron chi connectivity index (χ3n) is 4.31. The molecular weight excluding hydrogens is 276 g/mol. The summed E-state index contributed by atoms with van der Waals surface area (Å²) in [5.41, 5.74) is 1.99. The van der Waals surface area contributed by atoms with Crippen LogP contribution >= 0.6 is 0 Å². The van der Waals surface area contributed by atoms with E-state index in [1.165, 1.54) is 19.3 Å². The Labute approximate surface area is 132 Å². The maximum atomic E-state index is 12.1. The number of pyridine rings is 1. The fraction of sp³-hybridized carbons (Fsp3) is 0.556. The van der Waals surface area contributed by atoms with E-state index in [9.17, 15) is 9.90 Å². The highest BCUT2D eigenvalue weighted by molar-refractivity contribution is 5.91. The minimum absolute atomic E-state index is 0.0816. The Kier molecular flexibility index (Phi) is 6.59. The van der Waals surface area contributed by atoms with E-state index < -0.39 is 0 Å². The van der Waals surface area contributed by atoms with Crippen molar-refractivity contribution in [1.29, 1.82) is 0 Å². The average molecular weight is 302 g/mol. The molecule has 2 N–H and O–H groups in total. The maximum Gasteiger partial charge on any atom is 0.244 e. The van der Waals surface area contributed by atoms with Crippen molar-refractivity contribution in [3.05, 3.63) is 35.7 Å². The predicted octanol–water partition coefficient (Wildman–Crippen LogP) is 2.85. The molecule has 0 aliphatic heterocycles. The van der Waals surface area contributed by atoms with Crippen molar-refractivity contribution in [3.8, 4) is 0 Å².